The summed E-state index contributed by atoms with van der Waals surface area (Å²) >= 11 is 0. The van der Waals surface area contributed by atoms with Gasteiger partial charge in [-0.2, -0.15) is 0 Å². The average Bonchev–Trinajstić information content (AvgIpc) is 2.34. The van der Waals surface area contributed by atoms with Crippen molar-refractivity contribution in [3.8, 4) is 0 Å². The number of aliphatic hydroxyl groups is 1. The van der Waals surface area contributed by atoms with Crippen molar-refractivity contribution in [2.24, 2.45) is 0 Å². The van der Waals surface area contributed by atoms with E-state index in [1.165, 1.54) is 17.0 Å². The maximum Gasteiger partial charge on any atom is 0.256 e. The molecule has 0 aliphatic carbocycles. The molecule has 0 saturated heterocycles. The Balaban J connectivity index is 2.68. The summed E-state index contributed by atoms with van der Waals surface area (Å²) in [5, 5.41) is 8.59. The maximum absolute atomic E-state index is 11.8. The van der Waals surface area contributed by atoms with Crippen molar-refractivity contribution in [2.75, 3.05) is 0 Å². The molecule has 0 unspecified atom stereocenters. The van der Waals surface area contributed by atoms with E-state index in [9.17, 15) is 8.78 Å². The highest BCUT2D eigenvalue weighted by Gasteiger charge is 2.06. The van der Waals surface area contributed by atoms with Gasteiger partial charge in [-0.3, -0.25) is 0 Å². The predicted molar refractivity (Wildman–Crippen MR) is 34.2 cm³/mol. The van der Waals surface area contributed by atoms with Crippen LogP contribution in [-0.2, 0) is 13.2 Å². The summed E-state index contributed by atoms with van der Waals surface area (Å²) in [6.07, 6.45) is 0.389. The topological polar surface area (TPSA) is 38.1 Å². The van der Waals surface area contributed by atoms with Crippen LogP contribution in [0.3, 0.4) is 0 Å². The highest BCUT2D eigenvalue weighted by Crippen LogP contribution is 2.02. The second-order valence-electron chi connectivity index (χ2n) is 2.05. The van der Waals surface area contributed by atoms with Crippen molar-refractivity contribution in [3.63, 3.8) is 0 Å². The third-order valence-electron chi connectivity index (χ3n) is 1.28. The Bertz CT molecular complexity index is 224. The number of rotatable bonds is 3. The van der Waals surface area contributed by atoms with Gasteiger partial charge in [-0.1, -0.05) is 0 Å². The molecule has 0 amide bonds. The van der Waals surface area contributed by atoms with Gasteiger partial charge in [-0.05, 0) is 0 Å². The molecule has 0 atom stereocenters. The molecule has 1 rings (SSSR count). The summed E-state index contributed by atoms with van der Waals surface area (Å²) in [6.45, 7) is -0.713. The van der Waals surface area contributed by atoms with Gasteiger partial charge in [0.05, 0.1) is 6.54 Å². The third kappa shape index (κ3) is 1.98. The molecule has 1 aromatic rings. The number of halogens is 2. The van der Waals surface area contributed by atoms with Gasteiger partial charge in [0.25, 0.3) is 6.43 Å². The van der Waals surface area contributed by atoms with Crippen molar-refractivity contribution in [1.82, 2.24) is 9.55 Å². The van der Waals surface area contributed by atoms with Crippen LogP contribution in [0, 0.1) is 0 Å². The van der Waals surface area contributed by atoms with Crippen molar-refractivity contribution in [3.05, 3.63) is 18.2 Å². The molecule has 0 radical (unpaired) electrons. The van der Waals surface area contributed by atoms with Crippen LogP contribution in [0.25, 0.3) is 0 Å². The minimum Gasteiger partial charge on any atom is -0.388 e. The van der Waals surface area contributed by atoms with Gasteiger partial charge < -0.3 is 9.67 Å². The lowest BCUT2D eigenvalue weighted by molar-refractivity contribution is 0.123. The Labute approximate surface area is 62.3 Å². The fraction of sp³-hybridized carbons (Fsp3) is 0.500. The van der Waals surface area contributed by atoms with Crippen LogP contribution < -0.4 is 0 Å². The van der Waals surface area contributed by atoms with Crippen molar-refractivity contribution in [1.29, 1.82) is 0 Å². The molecule has 0 fully saturated rings. The zero-order valence-corrected chi connectivity index (χ0v) is 5.74. The molecule has 5 heteroatoms. The highest BCUT2D eigenvalue weighted by atomic mass is 19.3. The molecule has 1 aromatic heterocycles. The molecule has 0 saturated carbocycles. The van der Waals surface area contributed by atoms with E-state index in [2.05, 4.69) is 4.98 Å². The number of aromatic nitrogens is 2. The van der Waals surface area contributed by atoms with Gasteiger partial charge in [-0.15, -0.1) is 0 Å². The second-order valence-corrected chi connectivity index (χ2v) is 2.05. The smallest absolute Gasteiger partial charge is 0.256 e. The molecule has 3 nitrogen and oxygen atoms in total. The van der Waals surface area contributed by atoms with Crippen LogP contribution >= 0.6 is 0 Å². The monoisotopic (exact) mass is 162 g/mol. The van der Waals surface area contributed by atoms with Crippen LogP contribution in [0.5, 0.6) is 0 Å². The molecule has 11 heavy (non-hydrogen) atoms. The first-order valence-electron chi connectivity index (χ1n) is 3.13. The predicted octanol–water partition coefficient (Wildman–Crippen LogP) is 0.641. The normalized spacial score (nSPS) is 10.9. The van der Waals surface area contributed by atoms with E-state index in [0.717, 1.165) is 0 Å². The minimum absolute atomic E-state index is 0.269. The Kier molecular flexibility index (Phi) is 2.53. The molecular weight excluding hydrogens is 154 g/mol. The van der Waals surface area contributed by atoms with Crippen molar-refractivity contribution < 1.29 is 13.9 Å². The summed E-state index contributed by atoms with van der Waals surface area (Å²) in [4.78, 5) is 3.67. The molecule has 1 heterocycles. The molecule has 1 N–H and O–H groups in total. The van der Waals surface area contributed by atoms with Gasteiger partial charge in [0.2, 0.25) is 0 Å². The number of aliphatic hydroxyl groups excluding tert-OH is 1. The van der Waals surface area contributed by atoms with Crippen molar-refractivity contribution >= 4 is 0 Å². The standard InChI is InChI=1S/C6H8F2N2O/c7-5(8)3-10-2-1-9-6(10)4-11/h1-2,5,11H,3-4H2. The Hall–Kier alpha value is -0.970. The zero-order chi connectivity index (χ0) is 8.27. The fourth-order valence-electron chi connectivity index (χ4n) is 0.807. The first-order valence-corrected chi connectivity index (χ1v) is 3.13. The highest BCUT2D eigenvalue weighted by molar-refractivity contribution is 4.90. The lowest BCUT2D eigenvalue weighted by Gasteiger charge is -2.03. The second kappa shape index (κ2) is 3.43. The first-order chi connectivity index (χ1) is 5.24. The molecule has 0 aromatic carbocycles. The molecule has 0 bridgehead atoms. The lowest BCUT2D eigenvalue weighted by Crippen LogP contribution is -2.09. The summed E-state index contributed by atoms with van der Waals surface area (Å²) < 4.78 is 24.8. The summed E-state index contributed by atoms with van der Waals surface area (Å²) in [7, 11) is 0. The SMILES string of the molecule is OCc1nccn1CC(F)F. The van der Waals surface area contributed by atoms with Gasteiger partial charge >= 0.3 is 0 Å². The Morgan fingerprint density at radius 3 is 2.91 bits per heavy atom. The van der Waals surface area contributed by atoms with Gasteiger partial charge in [0.1, 0.15) is 12.4 Å². The minimum atomic E-state index is -2.41. The van der Waals surface area contributed by atoms with E-state index in [1.807, 2.05) is 0 Å². The van der Waals surface area contributed by atoms with E-state index in [0.29, 0.717) is 0 Å². The average molecular weight is 162 g/mol. The molecule has 62 valence electrons. The lowest BCUT2D eigenvalue weighted by atomic mass is 10.6. The van der Waals surface area contributed by atoms with Gasteiger partial charge in [0, 0.05) is 12.4 Å². The van der Waals surface area contributed by atoms with E-state index in [-0.39, 0.29) is 12.4 Å². The number of nitrogens with zero attached hydrogens (tertiary/aromatic N) is 2. The molecule has 0 aliphatic heterocycles. The third-order valence-corrected chi connectivity index (χ3v) is 1.28. The van der Waals surface area contributed by atoms with E-state index >= 15 is 0 Å². The quantitative estimate of drug-likeness (QED) is 0.708. The fourth-order valence-corrected chi connectivity index (χ4v) is 0.807. The first kappa shape index (κ1) is 8.13. The molecule has 0 aliphatic rings. The van der Waals surface area contributed by atoms with Gasteiger partial charge in [0.15, 0.2) is 0 Å². The number of alkyl halides is 2. The van der Waals surface area contributed by atoms with Crippen LogP contribution in [0.2, 0.25) is 0 Å². The largest absolute Gasteiger partial charge is 0.388 e. The molecular formula is C6H8F2N2O. The number of hydrogen-bond donors (Lipinski definition) is 1. The summed E-state index contributed by atoms with van der Waals surface area (Å²) in [5.74, 6) is 0.269. The van der Waals surface area contributed by atoms with E-state index in [4.69, 9.17) is 5.11 Å². The Morgan fingerprint density at radius 2 is 2.36 bits per heavy atom. The Morgan fingerprint density at radius 1 is 1.64 bits per heavy atom. The summed E-state index contributed by atoms with van der Waals surface area (Å²) in [6, 6.07) is 0. The number of imidazole rings is 1. The van der Waals surface area contributed by atoms with Crippen LogP contribution in [0.1, 0.15) is 5.82 Å². The van der Waals surface area contributed by atoms with Gasteiger partial charge in [-0.25, -0.2) is 13.8 Å². The van der Waals surface area contributed by atoms with E-state index in [1.54, 1.807) is 0 Å². The zero-order valence-electron chi connectivity index (χ0n) is 5.74. The maximum atomic E-state index is 11.8. The van der Waals surface area contributed by atoms with E-state index < -0.39 is 13.0 Å². The van der Waals surface area contributed by atoms with Crippen LogP contribution in [0.4, 0.5) is 8.78 Å². The van der Waals surface area contributed by atoms with Crippen molar-refractivity contribution in [2.45, 2.75) is 19.6 Å². The van der Waals surface area contributed by atoms with Crippen LogP contribution in [0.15, 0.2) is 12.4 Å². The summed E-state index contributed by atoms with van der Waals surface area (Å²) in [5.41, 5.74) is 0. The molecule has 0 spiro atoms. The number of hydrogen-bond acceptors (Lipinski definition) is 2. The van der Waals surface area contributed by atoms with Crippen LogP contribution in [-0.4, -0.2) is 21.1 Å².